The van der Waals surface area contributed by atoms with Crippen LogP contribution in [0, 0.1) is 0 Å². The summed E-state index contributed by atoms with van der Waals surface area (Å²) in [6.07, 6.45) is 0. The number of hydrogen-bond donors (Lipinski definition) is 1. The van der Waals surface area contributed by atoms with Crippen molar-refractivity contribution in [1.82, 2.24) is 0 Å². The Morgan fingerprint density at radius 1 is 1.09 bits per heavy atom. The van der Waals surface area contributed by atoms with Gasteiger partial charge in [0.05, 0.1) is 23.9 Å². The first-order valence-corrected chi connectivity index (χ1v) is 8.50. The zero-order chi connectivity index (χ0) is 15.4. The SMILES string of the molecule is Clc1cc(NCc2ccc(Br)cc2)ccc1N1CCOCC1. The van der Waals surface area contributed by atoms with Gasteiger partial charge in [-0.05, 0) is 35.9 Å². The molecule has 1 fully saturated rings. The Hall–Kier alpha value is -1.23. The molecule has 1 N–H and O–H groups in total. The highest BCUT2D eigenvalue weighted by molar-refractivity contribution is 9.10. The fourth-order valence-corrected chi connectivity index (χ4v) is 3.05. The zero-order valence-electron chi connectivity index (χ0n) is 12.2. The fourth-order valence-electron chi connectivity index (χ4n) is 2.48. The Labute approximate surface area is 144 Å². The van der Waals surface area contributed by atoms with Crippen LogP contribution in [0.4, 0.5) is 11.4 Å². The lowest BCUT2D eigenvalue weighted by molar-refractivity contribution is 0.122. The topological polar surface area (TPSA) is 24.5 Å². The van der Waals surface area contributed by atoms with Crippen LogP contribution in [0.15, 0.2) is 46.9 Å². The molecule has 1 aliphatic rings. The minimum Gasteiger partial charge on any atom is -0.381 e. The molecular formula is C17H18BrClN2O. The Bertz CT molecular complexity index is 627. The van der Waals surface area contributed by atoms with Crippen molar-refractivity contribution < 1.29 is 4.74 Å². The molecule has 0 atom stereocenters. The molecule has 0 amide bonds. The molecule has 0 bridgehead atoms. The summed E-state index contributed by atoms with van der Waals surface area (Å²) in [5.41, 5.74) is 3.35. The maximum absolute atomic E-state index is 6.44. The number of rotatable bonds is 4. The summed E-state index contributed by atoms with van der Waals surface area (Å²) in [6, 6.07) is 14.4. The van der Waals surface area contributed by atoms with Gasteiger partial charge in [0.2, 0.25) is 0 Å². The number of anilines is 2. The van der Waals surface area contributed by atoms with Crippen molar-refractivity contribution in [1.29, 1.82) is 0 Å². The Morgan fingerprint density at radius 3 is 2.50 bits per heavy atom. The average molecular weight is 382 g/mol. The van der Waals surface area contributed by atoms with Crippen LogP contribution in [0.1, 0.15) is 5.56 Å². The number of benzene rings is 2. The van der Waals surface area contributed by atoms with E-state index in [2.05, 4.69) is 50.4 Å². The van der Waals surface area contributed by atoms with E-state index >= 15 is 0 Å². The number of halogens is 2. The second-order valence-electron chi connectivity index (χ2n) is 5.25. The molecule has 2 aromatic rings. The van der Waals surface area contributed by atoms with Gasteiger partial charge in [-0.2, -0.15) is 0 Å². The number of morpholine rings is 1. The average Bonchev–Trinajstić information content (AvgIpc) is 2.55. The molecular weight excluding hydrogens is 364 g/mol. The summed E-state index contributed by atoms with van der Waals surface area (Å²) in [6.45, 7) is 4.09. The highest BCUT2D eigenvalue weighted by atomic mass is 79.9. The molecule has 3 nitrogen and oxygen atoms in total. The van der Waals surface area contributed by atoms with Crippen molar-refractivity contribution in [3.05, 3.63) is 57.5 Å². The molecule has 1 heterocycles. The van der Waals surface area contributed by atoms with Crippen LogP contribution in [-0.2, 0) is 11.3 Å². The van der Waals surface area contributed by atoms with Crippen molar-refractivity contribution in [2.45, 2.75) is 6.54 Å². The molecule has 0 saturated carbocycles. The largest absolute Gasteiger partial charge is 0.381 e. The predicted octanol–water partition coefficient (Wildman–Crippen LogP) is 4.55. The molecule has 3 rings (SSSR count). The van der Waals surface area contributed by atoms with E-state index in [0.717, 1.165) is 53.7 Å². The number of ether oxygens (including phenoxy) is 1. The van der Waals surface area contributed by atoms with Gasteiger partial charge in [0.25, 0.3) is 0 Å². The first-order valence-electron chi connectivity index (χ1n) is 7.33. The first kappa shape index (κ1) is 15.7. The van der Waals surface area contributed by atoms with Crippen molar-refractivity contribution in [3.63, 3.8) is 0 Å². The van der Waals surface area contributed by atoms with Gasteiger partial charge in [-0.1, -0.05) is 39.7 Å². The molecule has 0 radical (unpaired) electrons. The zero-order valence-corrected chi connectivity index (χ0v) is 14.5. The third kappa shape index (κ3) is 3.94. The van der Waals surface area contributed by atoms with Crippen LogP contribution < -0.4 is 10.2 Å². The van der Waals surface area contributed by atoms with Crippen molar-refractivity contribution >= 4 is 38.9 Å². The summed E-state index contributed by atoms with van der Waals surface area (Å²) in [4.78, 5) is 2.27. The van der Waals surface area contributed by atoms with Gasteiger partial charge in [0.15, 0.2) is 0 Å². The first-order chi connectivity index (χ1) is 10.7. The molecule has 0 spiro atoms. The quantitative estimate of drug-likeness (QED) is 0.841. The van der Waals surface area contributed by atoms with E-state index in [-0.39, 0.29) is 0 Å². The fraction of sp³-hybridized carbons (Fsp3) is 0.294. The minimum absolute atomic E-state index is 0.764. The van der Waals surface area contributed by atoms with Crippen molar-refractivity contribution in [2.24, 2.45) is 0 Å². The lowest BCUT2D eigenvalue weighted by Gasteiger charge is -2.29. The van der Waals surface area contributed by atoms with Gasteiger partial charge in [-0.3, -0.25) is 0 Å². The molecule has 5 heteroatoms. The Kier molecular flexibility index (Phi) is 5.24. The molecule has 0 aromatic heterocycles. The molecule has 0 unspecified atom stereocenters. The molecule has 1 saturated heterocycles. The third-order valence-corrected chi connectivity index (χ3v) is 4.54. The maximum atomic E-state index is 6.44. The van der Waals surface area contributed by atoms with E-state index in [1.807, 2.05) is 18.2 Å². The monoisotopic (exact) mass is 380 g/mol. The van der Waals surface area contributed by atoms with Crippen LogP contribution in [0.5, 0.6) is 0 Å². The van der Waals surface area contributed by atoms with Crippen LogP contribution >= 0.6 is 27.5 Å². The number of nitrogens with one attached hydrogen (secondary N) is 1. The van der Waals surface area contributed by atoms with Crippen LogP contribution in [0.3, 0.4) is 0 Å². The van der Waals surface area contributed by atoms with Crippen LogP contribution in [0.2, 0.25) is 5.02 Å². The van der Waals surface area contributed by atoms with Gasteiger partial charge < -0.3 is 15.0 Å². The van der Waals surface area contributed by atoms with Crippen LogP contribution in [-0.4, -0.2) is 26.3 Å². The molecule has 116 valence electrons. The molecule has 1 aliphatic heterocycles. The van der Waals surface area contributed by atoms with Gasteiger partial charge in [-0.15, -0.1) is 0 Å². The smallest absolute Gasteiger partial charge is 0.0660 e. The van der Waals surface area contributed by atoms with E-state index < -0.39 is 0 Å². The van der Waals surface area contributed by atoms with Gasteiger partial charge >= 0.3 is 0 Å². The highest BCUT2D eigenvalue weighted by Gasteiger charge is 2.14. The lowest BCUT2D eigenvalue weighted by Crippen LogP contribution is -2.36. The van der Waals surface area contributed by atoms with E-state index in [1.165, 1.54) is 5.56 Å². The highest BCUT2D eigenvalue weighted by Crippen LogP contribution is 2.29. The predicted molar refractivity (Wildman–Crippen MR) is 96.0 cm³/mol. The summed E-state index contributed by atoms with van der Waals surface area (Å²) >= 11 is 9.88. The van der Waals surface area contributed by atoms with Gasteiger partial charge in [0, 0.05) is 29.8 Å². The van der Waals surface area contributed by atoms with Crippen LogP contribution in [0.25, 0.3) is 0 Å². The lowest BCUT2D eigenvalue weighted by atomic mass is 10.2. The molecule has 2 aromatic carbocycles. The Morgan fingerprint density at radius 2 is 1.82 bits per heavy atom. The normalized spacial score (nSPS) is 14.9. The maximum Gasteiger partial charge on any atom is 0.0660 e. The van der Waals surface area contributed by atoms with Crippen molar-refractivity contribution in [2.75, 3.05) is 36.5 Å². The van der Waals surface area contributed by atoms with Crippen molar-refractivity contribution in [3.8, 4) is 0 Å². The van der Waals surface area contributed by atoms with Gasteiger partial charge in [0.1, 0.15) is 0 Å². The molecule has 0 aliphatic carbocycles. The second-order valence-corrected chi connectivity index (χ2v) is 6.57. The third-order valence-electron chi connectivity index (χ3n) is 3.71. The van der Waals surface area contributed by atoms with E-state index in [0.29, 0.717) is 0 Å². The Balaban J connectivity index is 1.65. The number of hydrogen-bond acceptors (Lipinski definition) is 3. The summed E-state index contributed by atoms with van der Waals surface area (Å²) in [7, 11) is 0. The van der Waals surface area contributed by atoms with E-state index in [4.69, 9.17) is 16.3 Å². The standard InChI is InChI=1S/C17H18BrClN2O/c18-14-3-1-13(2-4-14)12-20-15-5-6-17(16(19)11-15)21-7-9-22-10-8-21/h1-6,11,20H,7-10,12H2. The minimum atomic E-state index is 0.764. The second kappa shape index (κ2) is 7.36. The summed E-state index contributed by atoms with van der Waals surface area (Å²) < 4.78 is 6.47. The van der Waals surface area contributed by atoms with E-state index in [1.54, 1.807) is 0 Å². The van der Waals surface area contributed by atoms with Gasteiger partial charge in [-0.25, -0.2) is 0 Å². The van der Waals surface area contributed by atoms with E-state index in [9.17, 15) is 0 Å². The summed E-state index contributed by atoms with van der Waals surface area (Å²) in [5, 5.41) is 4.19. The summed E-state index contributed by atoms with van der Waals surface area (Å²) in [5.74, 6) is 0. The number of nitrogens with zero attached hydrogens (tertiary/aromatic N) is 1. The molecule has 22 heavy (non-hydrogen) atoms.